The number of carboxylic acid groups (broad SMARTS) is 1. The lowest BCUT2D eigenvalue weighted by Gasteiger charge is -2.43. The zero-order chi connectivity index (χ0) is 14.5. The van der Waals surface area contributed by atoms with Crippen LogP contribution in [0.3, 0.4) is 0 Å². The van der Waals surface area contributed by atoms with Crippen LogP contribution in [0.4, 0.5) is 0 Å². The Labute approximate surface area is 124 Å². The molecule has 3 unspecified atom stereocenters. The Kier molecular flexibility index (Phi) is 3.22. The normalized spacial score (nSPS) is 34.5. The second-order valence-corrected chi connectivity index (χ2v) is 8.47. The standard InChI is InChI=1S/C16H23NO2S/c1-15(2)10-6-7-16(3,8-10)14(15)17-9-11-4-5-12(20-11)13(18)19/h4-5,10,14,17H,6-9H2,1-3H3,(H,18,19). The molecule has 0 radical (unpaired) electrons. The first kappa shape index (κ1) is 14.1. The Morgan fingerprint density at radius 3 is 2.75 bits per heavy atom. The molecule has 2 bridgehead atoms. The van der Waals surface area contributed by atoms with E-state index in [1.54, 1.807) is 6.07 Å². The van der Waals surface area contributed by atoms with Gasteiger partial charge in [-0.3, -0.25) is 0 Å². The van der Waals surface area contributed by atoms with Crippen molar-refractivity contribution in [2.45, 2.75) is 52.6 Å². The highest BCUT2D eigenvalue weighted by atomic mass is 32.1. The topological polar surface area (TPSA) is 49.3 Å². The van der Waals surface area contributed by atoms with E-state index in [0.29, 0.717) is 21.7 Å². The van der Waals surface area contributed by atoms with Crippen LogP contribution >= 0.6 is 11.3 Å². The maximum Gasteiger partial charge on any atom is 0.345 e. The van der Waals surface area contributed by atoms with Crippen LogP contribution in [-0.4, -0.2) is 17.1 Å². The molecule has 0 aliphatic heterocycles. The number of hydrogen-bond acceptors (Lipinski definition) is 3. The van der Waals surface area contributed by atoms with Gasteiger partial charge in [0, 0.05) is 17.5 Å². The number of fused-ring (bicyclic) bond motifs is 2. The average Bonchev–Trinajstić information content (AvgIpc) is 2.99. The predicted molar refractivity (Wildman–Crippen MR) is 81.1 cm³/mol. The molecule has 110 valence electrons. The number of aromatic carboxylic acids is 1. The molecule has 1 heterocycles. The van der Waals surface area contributed by atoms with Gasteiger partial charge in [-0.25, -0.2) is 4.79 Å². The Balaban J connectivity index is 1.70. The summed E-state index contributed by atoms with van der Waals surface area (Å²) in [6.45, 7) is 7.97. The molecule has 3 nitrogen and oxygen atoms in total. The Morgan fingerprint density at radius 1 is 1.45 bits per heavy atom. The minimum absolute atomic E-state index is 0.347. The Morgan fingerprint density at radius 2 is 2.20 bits per heavy atom. The van der Waals surface area contributed by atoms with Gasteiger partial charge in [-0.2, -0.15) is 0 Å². The molecule has 2 aliphatic carbocycles. The fraction of sp³-hybridized carbons (Fsp3) is 0.688. The summed E-state index contributed by atoms with van der Waals surface area (Å²) in [4.78, 5) is 12.5. The molecular formula is C16H23NO2S. The van der Waals surface area contributed by atoms with Gasteiger partial charge in [-0.05, 0) is 48.1 Å². The number of carboxylic acids is 1. The molecule has 2 fully saturated rings. The summed E-state index contributed by atoms with van der Waals surface area (Å²) in [6.07, 6.45) is 4.02. The Hall–Kier alpha value is -0.870. The molecule has 0 saturated heterocycles. The van der Waals surface area contributed by atoms with Crippen molar-refractivity contribution < 1.29 is 9.90 Å². The predicted octanol–water partition coefficient (Wildman–Crippen LogP) is 3.75. The highest BCUT2D eigenvalue weighted by molar-refractivity contribution is 7.13. The molecule has 2 N–H and O–H groups in total. The number of hydrogen-bond donors (Lipinski definition) is 2. The van der Waals surface area contributed by atoms with Gasteiger partial charge < -0.3 is 10.4 Å². The van der Waals surface area contributed by atoms with E-state index >= 15 is 0 Å². The average molecular weight is 293 g/mol. The first-order valence-corrected chi connectivity index (χ1v) is 8.20. The van der Waals surface area contributed by atoms with Crippen LogP contribution in [0.1, 0.15) is 54.6 Å². The van der Waals surface area contributed by atoms with Crippen molar-refractivity contribution >= 4 is 17.3 Å². The maximum absolute atomic E-state index is 10.9. The number of carbonyl (C=O) groups is 1. The summed E-state index contributed by atoms with van der Waals surface area (Å²) < 4.78 is 0. The first-order chi connectivity index (χ1) is 9.33. The molecule has 1 aromatic rings. The van der Waals surface area contributed by atoms with Gasteiger partial charge in [-0.1, -0.05) is 20.8 Å². The van der Waals surface area contributed by atoms with E-state index in [1.807, 2.05) is 6.07 Å². The fourth-order valence-electron chi connectivity index (χ4n) is 4.60. The van der Waals surface area contributed by atoms with Crippen molar-refractivity contribution in [3.8, 4) is 0 Å². The van der Waals surface area contributed by atoms with Crippen LogP contribution in [0, 0.1) is 16.7 Å². The molecule has 0 aromatic carbocycles. The second-order valence-electron chi connectivity index (χ2n) is 7.30. The van der Waals surface area contributed by atoms with Crippen LogP contribution < -0.4 is 5.32 Å². The molecule has 20 heavy (non-hydrogen) atoms. The summed E-state index contributed by atoms with van der Waals surface area (Å²) in [5.41, 5.74) is 0.765. The van der Waals surface area contributed by atoms with E-state index in [-0.39, 0.29) is 0 Å². The lowest BCUT2D eigenvalue weighted by Crippen LogP contribution is -2.49. The summed E-state index contributed by atoms with van der Waals surface area (Å²) in [5.74, 6) is 0.0105. The second kappa shape index (κ2) is 4.57. The molecule has 0 spiro atoms. The van der Waals surface area contributed by atoms with Crippen LogP contribution in [0.15, 0.2) is 12.1 Å². The molecule has 3 rings (SSSR count). The quantitative estimate of drug-likeness (QED) is 0.889. The van der Waals surface area contributed by atoms with Crippen LogP contribution in [0.25, 0.3) is 0 Å². The highest BCUT2D eigenvalue weighted by Crippen LogP contribution is 2.62. The summed E-state index contributed by atoms with van der Waals surface area (Å²) in [5, 5.41) is 12.7. The molecule has 3 atom stereocenters. The van der Waals surface area contributed by atoms with E-state index in [9.17, 15) is 4.79 Å². The molecular weight excluding hydrogens is 270 g/mol. The number of thiophene rings is 1. The minimum Gasteiger partial charge on any atom is -0.477 e. The SMILES string of the molecule is CC12CCC(C1)C(C)(C)C2NCc1ccc(C(=O)O)s1. The zero-order valence-electron chi connectivity index (χ0n) is 12.4. The van der Waals surface area contributed by atoms with Gasteiger partial charge in [0.05, 0.1) is 0 Å². The van der Waals surface area contributed by atoms with Gasteiger partial charge >= 0.3 is 5.97 Å². The van der Waals surface area contributed by atoms with Crippen molar-refractivity contribution in [3.63, 3.8) is 0 Å². The number of nitrogens with one attached hydrogen (secondary N) is 1. The van der Waals surface area contributed by atoms with Crippen LogP contribution in [-0.2, 0) is 6.54 Å². The molecule has 2 saturated carbocycles. The van der Waals surface area contributed by atoms with E-state index in [4.69, 9.17) is 5.11 Å². The largest absolute Gasteiger partial charge is 0.477 e. The molecule has 1 aromatic heterocycles. The van der Waals surface area contributed by atoms with E-state index in [1.165, 1.54) is 30.6 Å². The van der Waals surface area contributed by atoms with E-state index < -0.39 is 5.97 Å². The van der Waals surface area contributed by atoms with Gasteiger partial charge in [0.25, 0.3) is 0 Å². The summed E-state index contributed by atoms with van der Waals surface area (Å²) in [6, 6.07) is 4.17. The third-order valence-electron chi connectivity index (χ3n) is 5.62. The van der Waals surface area contributed by atoms with E-state index in [0.717, 1.165) is 17.3 Å². The van der Waals surface area contributed by atoms with Crippen molar-refractivity contribution in [2.24, 2.45) is 16.7 Å². The van der Waals surface area contributed by atoms with Gasteiger partial charge in [0.2, 0.25) is 0 Å². The Bertz CT molecular complexity index is 532. The first-order valence-electron chi connectivity index (χ1n) is 7.38. The van der Waals surface area contributed by atoms with Crippen molar-refractivity contribution in [2.75, 3.05) is 0 Å². The van der Waals surface area contributed by atoms with Gasteiger partial charge in [-0.15, -0.1) is 11.3 Å². The molecule has 4 heteroatoms. The lowest BCUT2D eigenvalue weighted by atomic mass is 9.68. The zero-order valence-corrected chi connectivity index (χ0v) is 13.2. The summed E-state index contributed by atoms with van der Waals surface area (Å²) in [7, 11) is 0. The third kappa shape index (κ3) is 2.09. The smallest absolute Gasteiger partial charge is 0.345 e. The minimum atomic E-state index is -0.825. The molecule has 0 amide bonds. The lowest BCUT2D eigenvalue weighted by molar-refractivity contribution is 0.0702. The fourth-order valence-corrected chi connectivity index (χ4v) is 5.40. The van der Waals surface area contributed by atoms with Gasteiger partial charge in [0.15, 0.2) is 0 Å². The van der Waals surface area contributed by atoms with Gasteiger partial charge in [0.1, 0.15) is 4.88 Å². The molecule has 2 aliphatic rings. The summed E-state index contributed by atoms with van der Waals surface area (Å²) >= 11 is 1.38. The van der Waals surface area contributed by atoms with Crippen LogP contribution in [0.5, 0.6) is 0 Å². The maximum atomic E-state index is 10.9. The van der Waals surface area contributed by atoms with Crippen molar-refractivity contribution in [1.82, 2.24) is 5.32 Å². The monoisotopic (exact) mass is 293 g/mol. The third-order valence-corrected chi connectivity index (χ3v) is 6.70. The van der Waals surface area contributed by atoms with Crippen molar-refractivity contribution in [1.29, 1.82) is 0 Å². The van der Waals surface area contributed by atoms with Crippen molar-refractivity contribution in [3.05, 3.63) is 21.9 Å². The van der Waals surface area contributed by atoms with Crippen LogP contribution in [0.2, 0.25) is 0 Å². The number of rotatable bonds is 4. The highest BCUT2D eigenvalue weighted by Gasteiger charge is 2.58. The van der Waals surface area contributed by atoms with E-state index in [2.05, 4.69) is 26.1 Å².